The molecule has 37 heavy (non-hydrogen) atoms. The van der Waals surface area contributed by atoms with Gasteiger partial charge in [0.15, 0.2) is 0 Å². The third-order valence-electron chi connectivity index (χ3n) is 8.60. The largest absolute Gasteiger partial charge is 2.00 e. The van der Waals surface area contributed by atoms with E-state index in [4.69, 9.17) is 4.74 Å². The zero-order valence-electron chi connectivity index (χ0n) is 21.2. The number of carbonyl (C=O) groups excluding carboxylic acids is 2. The number of ether oxygens (including phenoxy) is 1. The molecule has 1 amide bonds. The number of rotatable bonds is 1. The molecule has 1 unspecified atom stereocenters. The van der Waals surface area contributed by atoms with Crippen LogP contribution in [-0.4, -0.2) is 48.9 Å². The van der Waals surface area contributed by atoms with Crippen LogP contribution >= 0.6 is 0 Å². The molecule has 4 bridgehead atoms. The third kappa shape index (κ3) is 4.41. The molecule has 1 aromatic carbocycles. The van der Waals surface area contributed by atoms with Crippen LogP contribution < -0.4 is 4.90 Å². The van der Waals surface area contributed by atoms with Gasteiger partial charge >= 0.3 is 17.1 Å². The van der Waals surface area contributed by atoms with Crippen LogP contribution in [-0.2, 0) is 36.8 Å². The second kappa shape index (κ2) is 10.9. The number of carbonyl (C=O) groups is 2. The molecule has 3 aliphatic carbocycles. The topological polar surface area (TPSA) is 49.9 Å². The number of fused-ring (bicyclic) bond motifs is 1. The second-order valence-electron chi connectivity index (χ2n) is 10.5. The van der Waals surface area contributed by atoms with Gasteiger partial charge in [0.05, 0.1) is 30.1 Å². The van der Waals surface area contributed by atoms with Crippen molar-refractivity contribution in [2.75, 3.05) is 25.1 Å². The molecule has 6 heteroatoms. The van der Waals surface area contributed by atoms with Gasteiger partial charge in [0, 0.05) is 37.8 Å². The molecule has 4 fully saturated rings. The Bertz CT molecular complexity index is 1040. The van der Waals surface area contributed by atoms with E-state index in [1.165, 1.54) is 5.57 Å². The van der Waals surface area contributed by atoms with E-state index in [9.17, 15) is 9.59 Å². The second-order valence-corrected chi connectivity index (χ2v) is 10.5. The van der Waals surface area contributed by atoms with Gasteiger partial charge in [0.25, 0.3) is 0 Å². The molecule has 3 heterocycles. The van der Waals surface area contributed by atoms with E-state index >= 15 is 0 Å². The minimum Gasteiger partial charge on any atom is -0.380 e. The van der Waals surface area contributed by atoms with Gasteiger partial charge in [-0.3, -0.25) is 9.59 Å². The summed E-state index contributed by atoms with van der Waals surface area (Å²) in [5.74, 6) is 1.14. The summed E-state index contributed by atoms with van der Waals surface area (Å²) in [5, 5.41) is 0. The maximum absolute atomic E-state index is 14.0. The minimum absolute atomic E-state index is 0. The van der Waals surface area contributed by atoms with E-state index in [0.29, 0.717) is 25.4 Å². The van der Waals surface area contributed by atoms with E-state index < -0.39 is 5.41 Å². The Morgan fingerprint density at radius 2 is 1.70 bits per heavy atom. The van der Waals surface area contributed by atoms with Crippen molar-refractivity contribution in [3.63, 3.8) is 0 Å². The summed E-state index contributed by atoms with van der Waals surface area (Å²) >= 11 is 0. The molecule has 0 spiro atoms. The fraction of sp³-hybridized carbons (Fsp3) is 0.355. The van der Waals surface area contributed by atoms with Gasteiger partial charge in [0.2, 0.25) is 5.91 Å². The van der Waals surface area contributed by atoms with Gasteiger partial charge in [-0.05, 0) is 94.3 Å². The monoisotopic (exact) mass is 536 g/mol. The van der Waals surface area contributed by atoms with E-state index in [0.717, 1.165) is 17.8 Å². The summed E-state index contributed by atoms with van der Waals surface area (Å²) in [6.07, 6.45) is 20.9. The maximum Gasteiger partial charge on any atom is 2.00 e. The van der Waals surface area contributed by atoms with Gasteiger partial charge in [-0.2, -0.15) is 0 Å². The molecule has 5 nitrogen and oxygen atoms in total. The van der Waals surface area contributed by atoms with Crippen LogP contribution in [0.25, 0.3) is 0 Å². The number of hydrogen-bond donors (Lipinski definition) is 0. The zero-order valence-corrected chi connectivity index (χ0v) is 22.3. The summed E-state index contributed by atoms with van der Waals surface area (Å²) < 4.78 is 6.25. The Kier molecular flexibility index (Phi) is 7.92. The molecule has 3 saturated carbocycles. The van der Waals surface area contributed by atoms with Crippen molar-refractivity contribution < 1.29 is 31.4 Å². The quantitative estimate of drug-likeness (QED) is 0.511. The van der Waals surface area contributed by atoms with Crippen LogP contribution in [0.5, 0.6) is 0 Å². The number of benzene rings is 1. The Morgan fingerprint density at radius 1 is 1.03 bits per heavy atom. The van der Waals surface area contributed by atoms with Crippen LogP contribution in [0, 0.1) is 75.5 Å². The molecule has 1 saturated heterocycles. The average molecular weight is 536 g/mol. The first-order chi connectivity index (χ1) is 17.5. The molecular weight excluding hydrogens is 504 g/mol. The number of amides is 1. The van der Waals surface area contributed by atoms with Crippen molar-refractivity contribution in [3.8, 4) is 0 Å². The van der Waals surface area contributed by atoms with Crippen LogP contribution in [0.4, 0.5) is 5.69 Å². The van der Waals surface area contributed by atoms with Crippen molar-refractivity contribution in [3.05, 3.63) is 105 Å². The van der Waals surface area contributed by atoms with Gasteiger partial charge in [-0.15, -0.1) is 0 Å². The normalized spacial score (nSPS) is 35.7. The van der Waals surface area contributed by atoms with Crippen molar-refractivity contribution in [1.29, 1.82) is 0 Å². The molecule has 10 radical (unpaired) electrons. The number of ketones is 1. The Labute approximate surface area is 232 Å². The number of nitrogens with zero attached hydrogens (tertiary/aromatic N) is 2. The summed E-state index contributed by atoms with van der Waals surface area (Å²) in [6, 6.07) is 7.83. The number of hydrogen-bond acceptors (Lipinski definition) is 4. The minimum atomic E-state index is -0.679. The van der Waals surface area contributed by atoms with Crippen molar-refractivity contribution in [2.45, 2.75) is 37.3 Å². The van der Waals surface area contributed by atoms with Crippen molar-refractivity contribution >= 4 is 17.4 Å². The molecule has 6 aliphatic rings. The van der Waals surface area contributed by atoms with E-state index in [-0.39, 0.29) is 52.7 Å². The molecule has 0 N–H and O–H groups in total. The predicted octanol–water partition coefficient (Wildman–Crippen LogP) is 3.91. The van der Waals surface area contributed by atoms with Gasteiger partial charge in [-0.1, -0.05) is 18.2 Å². The first-order valence-electron chi connectivity index (χ1n) is 12.9. The van der Waals surface area contributed by atoms with Crippen LogP contribution in [0.2, 0.25) is 0 Å². The summed E-state index contributed by atoms with van der Waals surface area (Å²) in [7, 11) is 2.08. The summed E-state index contributed by atoms with van der Waals surface area (Å²) in [4.78, 5) is 32.0. The van der Waals surface area contributed by atoms with Crippen LogP contribution in [0.3, 0.4) is 0 Å². The SMILES string of the molecule is C[C@H]1OC[C@H]2[C@@H]3N(C(=O)[C]4[CH][CH][CH][CH]4)c4ccccc4C34CCN(C)/C=C/1[C@@H]2CC4=O.[CH]1[CH][CH][CH][CH]1.[Fe+2]. The Hall–Kier alpha value is -1.62. The first-order valence-corrected chi connectivity index (χ1v) is 12.9. The van der Waals surface area contributed by atoms with Crippen molar-refractivity contribution in [1.82, 2.24) is 4.90 Å². The standard InChI is InChI=1S/C26H27N2O3.C5H5.Fe/c1-16-19-14-27(2)12-11-26-21-9-5-6-10-22(21)28(25(30)17-7-3-4-8-17)24(26)20(15-31-16)18(19)13-23(26)29;1-2-4-5-3-1;/h3-10,14,16,18,20,24H,11-13,15H2,1-2H3;1-5H;/q;;+2/b19-14-;;/t16-,18+,20-,24+,26?;;/m1../s1. The first kappa shape index (κ1) is 27.0. The molecule has 190 valence electrons. The van der Waals surface area contributed by atoms with E-state index in [1.807, 2.05) is 80.9 Å². The van der Waals surface area contributed by atoms with Crippen LogP contribution in [0.1, 0.15) is 25.3 Å². The fourth-order valence-electron chi connectivity index (χ4n) is 6.95. The maximum atomic E-state index is 14.0. The Balaban J connectivity index is 0.000000421. The van der Waals surface area contributed by atoms with Gasteiger partial charge in [-0.25, -0.2) is 0 Å². The molecular formula is C31H32FeN2O3+2. The van der Waals surface area contributed by atoms with Crippen molar-refractivity contribution in [2.24, 2.45) is 11.8 Å². The number of anilines is 1. The van der Waals surface area contributed by atoms with Crippen LogP contribution in [0.15, 0.2) is 36.0 Å². The molecule has 1 aromatic rings. The summed E-state index contributed by atoms with van der Waals surface area (Å²) in [5.41, 5.74) is 2.42. The average Bonchev–Trinajstić information content (AvgIpc) is 3.66. The zero-order chi connectivity index (χ0) is 24.9. The summed E-state index contributed by atoms with van der Waals surface area (Å²) in [6.45, 7) is 3.42. The predicted molar refractivity (Wildman–Crippen MR) is 139 cm³/mol. The molecule has 5 atom stereocenters. The van der Waals surface area contributed by atoms with Gasteiger partial charge < -0.3 is 14.5 Å². The smallest absolute Gasteiger partial charge is 0.380 e. The molecule has 7 rings (SSSR count). The van der Waals surface area contributed by atoms with E-state index in [1.54, 1.807) is 0 Å². The number of para-hydroxylation sites is 1. The molecule has 0 aromatic heterocycles. The fourth-order valence-corrected chi connectivity index (χ4v) is 6.95. The Morgan fingerprint density at radius 3 is 2.41 bits per heavy atom. The van der Waals surface area contributed by atoms with E-state index in [2.05, 4.69) is 31.1 Å². The van der Waals surface area contributed by atoms with Gasteiger partial charge in [0.1, 0.15) is 5.78 Å². The molecule has 3 aliphatic heterocycles. The third-order valence-corrected chi connectivity index (χ3v) is 8.60. The number of Topliss-reactive ketones (excluding diaryl/α,β-unsaturated/α-hetero) is 1.